The highest BCUT2D eigenvalue weighted by molar-refractivity contribution is 5.89. The summed E-state index contributed by atoms with van der Waals surface area (Å²) in [5.41, 5.74) is 0. The van der Waals surface area contributed by atoms with Gasteiger partial charge >= 0.3 is 11.9 Å². The van der Waals surface area contributed by atoms with Crippen molar-refractivity contribution in [2.24, 2.45) is 0 Å². The Morgan fingerprint density at radius 1 is 1.06 bits per heavy atom. The van der Waals surface area contributed by atoms with E-state index in [9.17, 15) is 9.59 Å². The molecular weight excluding hydrogens is 446 g/mol. The van der Waals surface area contributed by atoms with Crippen LogP contribution in [0.5, 0.6) is 17.5 Å². The van der Waals surface area contributed by atoms with Crippen molar-refractivity contribution < 1.29 is 34.0 Å². The first-order valence-electron chi connectivity index (χ1n) is 10.7. The Labute approximate surface area is 197 Å². The molecule has 1 saturated heterocycles. The van der Waals surface area contributed by atoms with Crippen LogP contribution in [0.3, 0.4) is 0 Å². The third-order valence-electron chi connectivity index (χ3n) is 4.39. The number of anilines is 1. The van der Waals surface area contributed by atoms with Gasteiger partial charge in [-0.05, 0) is 26.0 Å². The molecule has 0 spiro atoms. The van der Waals surface area contributed by atoms with Gasteiger partial charge in [-0.2, -0.15) is 0 Å². The number of rotatable bonds is 10. The number of carbonyl (C=O) groups is 2. The zero-order valence-corrected chi connectivity index (χ0v) is 19.1. The van der Waals surface area contributed by atoms with Gasteiger partial charge in [-0.25, -0.2) is 24.5 Å². The van der Waals surface area contributed by atoms with Crippen LogP contribution in [0, 0.1) is 0 Å². The van der Waals surface area contributed by atoms with Crippen LogP contribution in [0.1, 0.15) is 13.8 Å². The van der Waals surface area contributed by atoms with Crippen LogP contribution in [0.4, 0.5) is 5.82 Å². The maximum atomic E-state index is 9.55. The van der Waals surface area contributed by atoms with Gasteiger partial charge in [-0.15, -0.1) is 0 Å². The Morgan fingerprint density at radius 2 is 1.74 bits per heavy atom. The second kappa shape index (κ2) is 14.3. The number of ether oxygens (including phenoxy) is 3. The van der Waals surface area contributed by atoms with Crippen molar-refractivity contribution in [2.45, 2.75) is 19.9 Å². The third-order valence-corrected chi connectivity index (χ3v) is 4.39. The van der Waals surface area contributed by atoms with Crippen molar-refractivity contribution in [3.8, 4) is 17.5 Å². The van der Waals surface area contributed by atoms with Gasteiger partial charge < -0.3 is 34.6 Å². The van der Waals surface area contributed by atoms with Crippen LogP contribution in [0.2, 0.25) is 0 Å². The number of carboxylic acids is 2. The molecule has 2 aromatic heterocycles. The first-order chi connectivity index (χ1) is 16.4. The smallest absolute Gasteiger partial charge is 0.328 e. The van der Waals surface area contributed by atoms with Gasteiger partial charge in [0.05, 0.1) is 6.61 Å². The number of carboxylic acid groups (broad SMARTS) is 2. The van der Waals surface area contributed by atoms with E-state index in [1.807, 2.05) is 19.1 Å². The van der Waals surface area contributed by atoms with Gasteiger partial charge in [-0.1, -0.05) is 0 Å². The average Bonchev–Trinajstić information content (AvgIpc) is 2.83. The zero-order chi connectivity index (χ0) is 24.8. The molecule has 12 nitrogen and oxygen atoms in total. The van der Waals surface area contributed by atoms with Gasteiger partial charge in [-0.3, -0.25) is 0 Å². The first-order valence-corrected chi connectivity index (χ1v) is 10.7. The maximum Gasteiger partial charge on any atom is 0.328 e. The number of nitrogens with one attached hydrogen (secondary N) is 1. The predicted octanol–water partition coefficient (Wildman–Crippen LogP) is 1.24. The summed E-state index contributed by atoms with van der Waals surface area (Å²) in [4.78, 5) is 34.3. The minimum Gasteiger partial charge on any atom is -0.484 e. The fraction of sp³-hybridized carbons (Fsp3) is 0.409. The van der Waals surface area contributed by atoms with E-state index in [-0.39, 0.29) is 0 Å². The van der Waals surface area contributed by atoms with E-state index in [0.29, 0.717) is 55.5 Å². The normalized spacial score (nSPS) is 15.2. The van der Waals surface area contributed by atoms with Gasteiger partial charge in [0, 0.05) is 56.4 Å². The zero-order valence-electron chi connectivity index (χ0n) is 19.1. The number of piperazine rings is 1. The largest absolute Gasteiger partial charge is 0.484 e. The van der Waals surface area contributed by atoms with E-state index in [2.05, 4.69) is 32.1 Å². The molecule has 0 unspecified atom stereocenters. The summed E-state index contributed by atoms with van der Waals surface area (Å²) in [5.74, 6) is -0.114. The molecule has 0 aromatic carbocycles. The molecule has 34 heavy (non-hydrogen) atoms. The molecule has 0 amide bonds. The van der Waals surface area contributed by atoms with E-state index in [4.69, 9.17) is 24.4 Å². The topological polar surface area (TPSA) is 156 Å². The quantitative estimate of drug-likeness (QED) is 0.334. The number of nitrogens with zero attached hydrogens (tertiary/aromatic N) is 4. The SMILES string of the molecule is CCOc1ncccc1OCCOc1nccnc1N1CCNC[C@H]1C.O=C(O)/C=C/C(=O)O. The van der Waals surface area contributed by atoms with Gasteiger partial charge in [0.1, 0.15) is 13.2 Å². The minimum absolute atomic E-state index is 0.336. The highest BCUT2D eigenvalue weighted by atomic mass is 16.5. The molecule has 0 radical (unpaired) electrons. The molecule has 1 fully saturated rings. The van der Waals surface area contributed by atoms with Crippen LogP contribution in [0.25, 0.3) is 0 Å². The number of hydrogen-bond donors (Lipinski definition) is 3. The van der Waals surface area contributed by atoms with Crippen molar-refractivity contribution >= 4 is 17.8 Å². The van der Waals surface area contributed by atoms with E-state index in [0.717, 1.165) is 25.5 Å². The van der Waals surface area contributed by atoms with Crippen molar-refractivity contribution in [1.29, 1.82) is 0 Å². The molecule has 1 aliphatic heterocycles. The molecule has 184 valence electrons. The van der Waals surface area contributed by atoms with E-state index in [1.165, 1.54) is 0 Å². The predicted molar refractivity (Wildman–Crippen MR) is 123 cm³/mol. The Balaban J connectivity index is 0.000000440. The fourth-order valence-electron chi connectivity index (χ4n) is 2.94. The molecule has 3 heterocycles. The molecule has 0 aliphatic carbocycles. The summed E-state index contributed by atoms with van der Waals surface area (Å²) < 4.78 is 17.0. The van der Waals surface area contributed by atoms with Crippen LogP contribution in [0.15, 0.2) is 42.9 Å². The van der Waals surface area contributed by atoms with Crippen molar-refractivity contribution in [1.82, 2.24) is 20.3 Å². The second-order valence-electron chi connectivity index (χ2n) is 6.88. The van der Waals surface area contributed by atoms with Crippen LogP contribution in [-0.4, -0.2) is 82.6 Å². The lowest BCUT2D eigenvalue weighted by atomic mass is 10.2. The lowest BCUT2D eigenvalue weighted by molar-refractivity contribution is -0.134. The fourth-order valence-corrected chi connectivity index (χ4v) is 2.94. The summed E-state index contributed by atoms with van der Waals surface area (Å²) in [6.45, 7) is 8.03. The van der Waals surface area contributed by atoms with E-state index in [1.54, 1.807) is 18.6 Å². The van der Waals surface area contributed by atoms with Crippen LogP contribution >= 0.6 is 0 Å². The van der Waals surface area contributed by atoms with Gasteiger partial charge in [0.15, 0.2) is 11.6 Å². The second-order valence-corrected chi connectivity index (χ2v) is 6.88. The Bertz CT molecular complexity index is 941. The Hall–Kier alpha value is -3.93. The van der Waals surface area contributed by atoms with Crippen molar-refractivity contribution in [3.63, 3.8) is 0 Å². The molecular formula is C22H29N5O7. The summed E-state index contributed by atoms with van der Waals surface area (Å²) in [5, 5.41) is 19.0. The summed E-state index contributed by atoms with van der Waals surface area (Å²) >= 11 is 0. The Kier molecular flexibility index (Phi) is 11.0. The van der Waals surface area contributed by atoms with Gasteiger partial charge in [0.2, 0.25) is 0 Å². The molecule has 3 N–H and O–H groups in total. The highest BCUT2D eigenvalue weighted by Gasteiger charge is 2.23. The standard InChI is InChI=1S/C18H25N5O3.C4H4O4/c1-3-24-17-15(5-4-6-21-17)25-11-12-26-18-16(20-7-8-22-18)23-10-9-19-13-14(23)2;5-3(6)1-2-4(7)8/h4-8,14,19H,3,9-13H2,1-2H3;1-2H,(H,5,6)(H,7,8)/b;2-1+/t14-;/m1./s1. The number of aliphatic carboxylic acids is 2. The molecule has 1 atom stereocenters. The maximum absolute atomic E-state index is 9.55. The number of aromatic nitrogens is 3. The lowest BCUT2D eigenvalue weighted by Gasteiger charge is -2.35. The molecule has 2 aromatic rings. The van der Waals surface area contributed by atoms with Gasteiger partial charge in [0.25, 0.3) is 11.8 Å². The number of pyridine rings is 1. The molecule has 1 aliphatic rings. The molecule has 12 heteroatoms. The summed E-state index contributed by atoms with van der Waals surface area (Å²) in [6, 6.07) is 3.97. The average molecular weight is 476 g/mol. The molecule has 0 saturated carbocycles. The summed E-state index contributed by atoms with van der Waals surface area (Å²) in [6.07, 6.45) is 6.12. The highest BCUT2D eigenvalue weighted by Crippen LogP contribution is 2.26. The van der Waals surface area contributed by atoms with E-state index >= 15 is 0 Å². The Morgan fingerprint density at radius 3 is 2.41 bits per heavy atom. The summed E-state index contributed by atoms with van der Waals surface area (Å²) in [7, 11) is 0. The van der Waals surface area contributed by atoms with Crippen LogP contribution < -0.4 is 24.4 Å². The lowest BCUT2D eigenvalue weighted by Crippen LogP contribution is -2.50. The molecule has 3 rings (SSSR count). The number of hydrogen-bond acceptors (Lipinski definition) is 10. The van der Waals surface area contributed by atoms with E-state index < -0.39 is 11.9 Å². The van der Waals surface area contributed by atoms with Crippen molar-refractivity contribution in [2.75, 3.05) is 44.4 Å². The first kappa shape index (κ1) is 26.3. The molecule has 0 bridgehead atoms. The van der Waals surface area contributed by atoms with Crippen LogP contribution in [-0.2, 0) is 9.59 Å². The monoisotopic (exact) mass is 475 g/mol. The third kappa shape index (κ3) is 8.90. The minimum atomic E-state index is -1.26. The van der Waals surface area contributed by atoms with Crippen molar-refractivity contribution in [3.05, 3.63) is 42.9 Å².